The molecule has 10 nitrogen and oxygen atoms in total. The molecule has 1 fully saturated rings. The highest BCUT2D eigenvalue weighted by Crippen LogP contribution is 2.41. The van der Waals surface area contributed by atoms with Gasteiger partial charge in [0.05, 0.1) is 31.0 Å². The van der Waals surface area contributed by atoms with Crippen molar-refractivity contribution in [1.29, 1.82) is 0 Å². The fraction of sp³-hybridized carbons (Fsp3) is 0.522. The lowest BCUT2D eigenvalue weighted by Crippen LogP contribution is -2.50. The van der Waals surface area contributed by atoms with Crippen molar-refractivity contribution in [3.63, 3.8) is 0 Å². The van der Waals surface area contributed by atoms with Crippen LogP contribution in [-0.2, 0) is 14.3 Å². The maximum Gasteiger partial charge on any atom is 0.416 e. The molecule has 36 heavy (non-hydrogen) atoms. The van der Waals surface area contributed by atoms with Crippen LogP contribution in [0.2, 0.25) is 0 Å². The summed E-state index contributed by atoms with van der Waals surface area (Å²) >= 11 is 16.7. The van der Waals surface area contributed by atoms with Gasteiger partial charge in [-0.2, -0.15) is 0 Å². The van der Waals surface area contributed by atoms with Crippen LogP contribution in [0.25, 0.3) is 0 Å². The molecular formula is C23H27Cl3N2O8. The zero-order valence-corrected chi connectivity index (χ0v) is 21.9. The molecule has 0 spiro atoms. The first-order valence-corrected chi connectivity index (χ1v) is 12.3. The summed E-state index contributed by atoms with van der Waals surface area (Å²) in [5.74, 6) is -0.460. The van der Waals surface area contributed by atoms with E-state index in [4.69, 9.17) is 53.8 Å². The van der Waals surface area contributed by atoms with Gasteiger partial charge in [-0.3, -0.25) is 9.59 Å². The van der Waals surface area contributed by atoms with Crippen LogP contribution in [0.1, 0.15) is 36.0 Å². The van der Waals surface area contributed by atoms with E-state index in [0.29, 0.717) is 19.4 Å². The largest absolute Gasteiger partial charge is 0.493 e. The van der Waals surface area contributed by atoms with Gasteiger partial charge in [0.1, 0.15) is 13.2 Å². The Kier molecular flexibility index (Phi) is 9.57. The van der Waals surface area contributed by atoms with E-state index < -0.39 is 28.1 Å². The molecular weight excluding hydrogens is 539 g/mol. The molecule has 1 aromatic rings. The normalized spacial score (nSPS) is 19.2. The fourth-order valence-electron chi connectivity index (χ4n) is 4.06. The van der Waals surface area contributed by atoms with E-state index in [1.165, 1.54) is 25.3 Å². The SMILES string of the molecule is C=CCOC(=O)N1c2cc(OCCCC(=O)OCC(Cl)(Cl)Cl)c(OC)cc2C(=O)N2CCC[C@H]2C1O. The van der Waals surface area contributed by atoms with Gasteiger partial charge < -0.3 is 29.0 Å². The summed E-state index contributed by atoms with van der Waals surface area (Å²) < 4.78 is 19.6. The first-order valence-electron chi connectivity index (χ1n) is 11.2. The third-order valence-corrected chi connectivity index (χ3v) is 5.97. The Balaban J connectivity index is 1.83. The van der Waals surface area contributed by atoms with Gasteiger partial charge in [0.2, 0.25) is 3.79 Å². The van der Waals surface area contributed by atoms with Gasteiger partial charge in [-0.1, -0.05) is 47.5 Å². The lowest BCUT2D eigenvalue weighted by atomic mass is 10.1. The number of amides is 2. The van der Waals surface area contributed by atoms with Crippen molar-refractivity contribution in [3.8, 4) is 11.5 Å². The molecule has 13 heteroatoms. The number of carbonyl (C=O) groups excluding carboxylic acids is 3. The van der Waals surface area contributed by atoms with Crippen LogP contribution in [0.3, 0.4) is 0 Å². The summed E-state index contributed by atoms with van der Waals surface area (Å²) in [5, 5.41) is 11.1. The molecule has 0 radical (unpaired) electrons. The lowest BCUT2D eigenvalue weighted by molar-refractivity contribution is -0.143. The van der Waals surface area contributed by atoms with Crippen molar-refractivity contribution in [2.45, 2.75) is 41.7 Å². The highest BCUT2D eigenvalue weighted by Gasteiger charge is 2.45. The average Bonchev–Trinajstić information content (AvgIpc) is 3.30. The number of carbonyl (C=O) groups is 3. The molecule has 1 N–H and O–H groups in total. The Bertz CT molecular complexity index is 1000. The smallest absolute Gasteiger partial charge is 0.416 e. The van der Waals surface area contributed by atoms with E-state index in [1.54, 1.807) is 4.90 Å². The van der Waals surface area contributed by atoms with Crippen molar-refractivity contribution < 1.29 is 38.4 Å². The third kappa shape index (κ3) is 6.67. The zero-order valence-electron chi connectivity index (χ0n) is 19.6. The highest BCUT2D eigenvalue weighted by molar-refractivity contribution is 6.67. The molecule has 0 aliphatic carbocycles. The number of rotatable bonds is 9. The predicted octanol–water partition coefficient (Wildman–Crippen LogP) is 3.83. The second kappa shape index (κ2) is 12.2. The summed E-state index contributed by atoms with van der Waals surface area (Å²) in [6.45, 7) is 3.60. The van der Waals surface area contributed by atoms with Gasteiger partial charge in [-0.25, -0.2) is 9.69 Å². The van der Waals surface area contributed by atoms with Gasteiger partial charge >= 0.3 is 12.1 Å². The Hall–Kier alpha value is -2.40. The number of esters is 1. The number of methoxy groups -OCH3 is 1. The van der Waals surface area contributed by atoms with Crippen molar-refractivity contribution in [3.05, 3.63) is 30.4 Å². The van der Waals surface area contributed by atoms with Crippen LogP contribution >= 0.6 is 34.8 Å². The Morgan fingerprint density at radius 3 is 2.67 bits per heavy atom. The number of hydrogen-bond donors (Lipinski definition) is 1. The van der Waals surface area contributed by atoms with Crippen molar-refractivity contribution in [2.75, 3.05) is 38.4 Å². The Morgan fingerprint density at radius 2 is 2.00 bits per heavy atom. The second-order valence-electron chi connectivity index (χ2n) is 8.11. The van der Waals surface area contributed by atoms with E-state index in [9.17, 15) is 19.5 Å². The topological polar surface area (TPSA) is 115 Å². The highest BCUT2D eigenvalue weighted by atomic mass is 35.6. The van der Waals surface area contributed by atoms with Crippen molar-refractivity contribution in [2.24, 2.45) is 0 Å². The average molecular weight is 566 g/mol. The number of nitrogens with zero attached hydrogens (tertiary/aromatic N) is 2. The molecule has 2 aliphatic heterocycles. The van der Waals surface area contributed by atoms with E-state index in [-0.39, 0.29) is 61.3 Å². The Labute approximate surface area is 223 Å². The standard InChI is InChI=1S/C23H27Cl3N2O8/c1-3-9-35-22(32)28-16-12-18(34-10-5-7-19(29)36-13-23(24,25)26)17(33-2)11-14(16)20(30)27-8-4-6-15(27)21(28)31/h3,11-12,15,21,31H,1,4-10,13H2,2H3/t15-,21?/m0/s1. The summed E-state index contributed by atoms with van der Waals surface area (Å²) in [7, 11) is 1.41. The molecule has 0 aromatic heterocycles. The molecule has 2 atom stereocenters. The monoisotopic (exact) mass is 564 g/mol. The van der Waals surface area contributed by atoms with Crippen LogP contribution in [-0.4, -0.2) is 77.5 Å². The fourth-order valence-corrected chi connectivity index (χ4v) is 4.22. The molecule has 1 saturated heterocycles. The molecule has 198 valence electrons. The van der Waals surface area contributed by atoms with Crippen LogP contribution in [0.15, 0.2) is 24.8 Å². The number of alkyl halides is 3. The van der Waals surface area contributed by atoms with Gasteiger partial charge in [0.25, 0.3) is 5.91 Å². The number of ether oxygens (including phenoxy) is 4. The minimum atomic E-state index is -1.70. The second-order valence-corrected chi connectivity index (χ2v) is 10.6. The quantitative estimate of drug-likeness (QED) is 0.208. The number of hydrogen-bond acceptors (Lipinski definition) is 8. The van der Waals surface area contributed by atoms with E-state index >= 15 is 0 Å². The minimum Gasteiger partial charge on any atom is -0.493 e. The molecule has 1 unspecified atom stereocenters. The maximum absolute atomic E-state index is 13.3. The number of aliphatic hydroxyl groups excluding tert-OH is 1. The molecule has 2 amide bonds. The number of aliphatic hydroxyl groups is 1. The summed E-state index contributed by atoms with van der Waals surface area (Å²) in [6.07, 6.45) is 0.726. The van der Waals surface area contributed by atoms with Crippen molar-refractivity contribution in [1.82, 2.24) is 4.90 Å². The van der Waals surface area contributed by atoms with E-state index in [2.05, 4.69) is 6.58 Å². The summed E-state index contributed by atoms with van der Waals surface area (Å²) in [6, 6.07) is 2.31. The minimum absolute atomic E-state index is 0.00183. The number of fused-ring (bicyclic) bond motifs is 2. The first kappa shape index (κ1) is 28.2. The van der Waals surface area contributed by atoms with Crippen LogP contribution < -0.4 is 14.4 Å². The molecule has 3 rings (SSSR count). The van der Waals surface area contributed by atoms with Gasteiger partial charge in [0.15, 0.2) is 17.7 Å². The third-order valence-electron chi connectivity index (χ3n) is 5.64. The zero-order chi connectivity index (χ0) is 26.5. The predicted molar refractivity (Wildman–Crippen MR) is 133 cm³/mol. The first-order chi connectivity index (χ1) is 17.1. The Morgan fingerprint density at radius 1 is 1.25 bits per heavy atom. The molecule has 1 aromatic carbocycles. The molecule has 0 saturated carbocycles. The van der Waals surface area contributed by atoms with Crippen LogP contribution in [0, 0.1) is 0 Å². The lowest BCUT2D eigenvalue weighted by Gasteiger charge is -2.31. The summed E-state index contributed by atoms with van der Waals surface area (Å²) in [5.41, 5.74) is 0.280. The van der Waals surface area contributed by atoms with Crippen LogP contribution in [0.4, 0.5) is 10.5 Å². The van der Waals surface area contributed by atoms with E-state index in [0.717, 1.165) is 4.90 Å². The molecule has 2 heterocycles. The molecule has 2 aliphatic rings. The summed E-state index contributed by atoms with van der Waals surface area (Å²) in [4.78, 5) is 40.7. The van der Waals surface area contributed by atoms with Gasteiger partial charge in [-0.15, -0.1) is 0 Å². The maximum atomic E-state index is 13.3. The number of benzene rings is 1. The van der Waals surface area contributed by atoms with Crippen LogP contribution in [0.5, 0.6) is 11.5 Å². The number of anilines is 1. The van der Waals surface area contributed by atoms with Crippen molar-refractivity contribution >= 4 is 58.5 Å². The molecule has 0 bridgehead atoms. The van der Waals surface area contributed by atoms with Gasteiger partial charge in [-0.05, 0) is 25.3 Å². The number of halogens is 3. The van der Waals surface area contributed by atoms with E-state index in [1.807, 2.05) is 0 Å². The van der Waals surface area contributed by atoms with Gasteiger partial charge in [0, 0.05) is 19.0 Å².